The Bertz CT molecular complexity index is 1180. The Morgan fingerprint density at radius 3 is 2.17 bits per heavy atom. The molecule has 0 aliphatic heterocycles. The van der Waals surface area contributed by atoms with Crippen LogP contribution in [-0.4, -0.2) is 5.97 Å². The molecule has 0 spiro atoms. The number of hydrogen-bond acceptors (Lipinski definition) is 2. The number of esters is 1. The monoisotopic (exact) mass is 480 g/mol. The minimum absolute atomic E-state index is 0.0624. The quantitative estimate of drug-likeness (QED) is 0.252. The first kappa shape index (κ1) is 25.0. The van der Waals surface area contributed by atoms with Crippen LogP contribution in [0.5, 0.6) is 5.75 Å². The van der Waals surface area contributed by atoms with E-state index in [0.29, 0.717) is 36.8 Å². The summed E-state index contributed by atoms with van der Waals surface area (Å²) in [5.41, 5.74) is 3.24. The number of carbonyl (C=O) groups excluding carboxylic acids is 1. The van der Waals surface area contributed by atoms with Gasteiger partial charge in [0, 0.05) is 5.56 Å². The number of aryl methyl sites for hydroxylation is 2. The molecule has 2 nitrogen and oxygen atoms in total. The highest BCUT2D eigenvalue weighted by atomic mass is 19.2. The van der Waals surface area contributed by atoms with Crippen molar-refractivity contribution in [3.63, 3.8) is 0 Å². The van der Waals surface area contributed by atoms with Gasteiger partial charge >= 0.3 is 5.97 Å². The van der Waals surface area contributed by atoms with E-state index < -0.39 is 23.4 Å². The van der Waals surface area contributed by atoms with Gasteiger partial charge < -0.3 is 4.74 Å². The Morgan fingerprint density at radius 1 is 0.857 bits per heavy atom. The highest BCUT2D eigenvalue weighted by Crippen LogP contribution is 2.39. The molecule has 5 heteroatoms. The zero-order valence-electron chi connectivity index (χ0n) is 20.3. The van der Waals surface area contributed by atoms with Crippen LogP contribution in [0.15, 0.2) is 54.6 Å². The zero-order valence-corrected chi connectivity index (χ0v) is 20.3. The second-order valence-corrected chi connectivity index (χ2v) is 9.37. The predicted molar refractivity (Wildman–Crippen MR) is 132 cm³/mol. The first-order chi connectivity index (χ1) is 16.9. The van der Waals surface area contributed by atoms with Crippen LogP contribution in [-0.2, 0) is 17.6 Å². The molecule has 184 valence electrons. The lowest BCUT2D eigenvalue weighted by atomic mass is 9.78. The third-order valence-electron chi connectivity index (χ3n) is 7.03. The maximum Gasteiger partial charge on any atom is 0.314 e. The molecule has 0 aromatic heterocycles. The molecule has 0 saturated heterocycles. The molecule has 0 unspecified atom stereocenters. The van der Waals surface area contributed by atoms with Crippen LogP contribution in [0.25, 0.3) is 11.1 Å². The van der Waals surface area contributed by atoms with Crippen molar-refractivity contribution in [2.75, 3.05) is 0 Å². The van der Waals surface area contributed by atoms with E-state index in [1.807, 2.05) is 38.1 Å². The van der Waals surface area contributed by atoms with E-state index in [0.717, 1.165) is 30.4 Å². The molecule has 0 heterocycles. The third kappa shape index (κ3) is 5.61. The Balaban J connectivity index is 1.40. The van der Waals surface area contributed by atoms with E-state index >= 15 is 4.39 Å². The average Bonchev–Trinajstić information content (AvgIpc) is 2.87. The smallest absolute Gasteiger partial charge is 0.314 e. The molecular weight excluding hydrogens is 449 g/mol. The van der Waals surface area contributed by atoms with Gasteiger partial charge in [-0.15, -0.1) is 0 Å². The third-order valence-corrected chi connectivity index (χ3v) is 7.03. The summed E-state index contributed by atoms with van der Waals surface area (Å²) in [4.78, 5) is 12.6. The van der Waals surface area contributed by atoms with Crippen molar-refractivity contribution in [3.05, 3.63) is 88.7 Å². The van der Waals surface area contributed by atoms with E-state index in [1.165, 1.54) is 12.1 Å². The number of halogens is 3. The van der Waals surface area contributed by atoms with Crippen LogP contribution in [0.4, 0.5) is 13.2 Å². The molecule has 0 atom stereocenters. The van der Waals surface area contributed by atoms with E-state index in [4.69, 9.17) is 4.74 Å². The maximum absolute atomic E-state index is 15.0. The molecule has 1 aliphatic rings. The summed E-state index contributed by atoms with van der Waals surface area (Å²) in [7, 11) is 0. The first-order valence-corrected chi connectivity index (χ1v) is 12.5. The van der Waals surface area contributed by atoms with Gasteiger partial charge in [0.25, 0.3) is 0 Å². The molecule has 1 fully saturated rings. The number of ether oxygens (including phenoxy) is 1. The SMILES string of the molecule is CCCc1ccc(OC(=O)C2CCC(c3ccc(-c4ccc(CC)cc4)c(F)c3F)CC2)c(F)c1. The number of benzene rings is 3. The van der Waals surface area contributed by atoms with Gasteiger partial charge in [-0.05, 0) is 78.8 Å². The van der Waals surface area contributed by atoms with Crippen molar-refractivity contribution in [2.24, 2.45) is 5.92 Å². The molecule has 35 heavy (non-hydrogen) atoms. The van der Waals surface area contributed by atoms with Crippen molar-refractivity contribution in [2.45, 2.75) is 64.7 Å². The van der Waals surface area contributed by atoms with E-state index in [2.05, 4.69) is 0 Å². The van der Waals surface area contributed by atoms with Gasteiger partial charge in [0.05, 0.1) is 5.92 Å². The molecule has 0 radical (unpaired) electrons. The summed E-state index contributed by atoms with van der Waals surface area (Å²) in [6.07, 6.45) is 4.60. The highest BCUT2D eigenvalue weighted by molar-refractivity contribution is 5.75. The standard InChI is InChI=1S/C30H31F3O2/c1-3-5-20-8-17-27(26(31)18-20)35-30(34)23-13-11-22(12-14-23)25-16-15-24(28(32)29(25)33)21-9-6-19(4-2)7-10-21/h6-10,15-18,22-23H,3-5,11-14H2,1-2H3. The highest BCUT2D eigenvalue weighted by Gasteiger charge is 2.31. The summed E-state index contributed by atoms with van der Waals surface area (Å²) >= 11 is 0. The zero-order chi connectivity index (χ0) is 24.9. The predicted octanol–water partition coefficient (Wildman–Crippen LogP) is 8.17. The summed E-state index contributed by atoms with van der Waals surface area (Å²) in [5, 5.41) is 0. The largest absolute Gasteiger partial charge is 0.423 e. The molecule has 4 rings (SSSR count). The first-order valence-electron chi connectivity index (χ1n) is 12.5. The summed E-state index contributed by atoms with van der Waals surface area (Å²) in [5.74, 6) is -3.28. The van der Waals surface area contributed by atoms with Crippen molar-refractivity contribution in [1.29, 1.82) is 0 Å². The molecule has 0 amide bonds. The summed E-state index contributed by atoms with van der Waals surface area (Å²) in [6.45, 7) is 4.06. The average molecular weight is 481 g/mol. The van der Waals surface area contributed by atoms with Crippen molar-refractivity contribution >= 4 is 5.97 Å². The fourth-order valence-electron chi connectivity index (χ4n) is 4.93. The van der Waals surface area contributed by atoms with Gasteiger partial charge in [0.2, 0.25) is 0 Å². The van der Waals surface area contributed by atoms with E-state index in [9.17, 15) is 13.6 Å². The minimum atomic E-state index is -0.838. The van der Waals surface area contributed by atoms with Crippen LogP contribution >= 0.6 is 0 Å². The summed E-state index contributed by atoms with van der Waals surface area (Å²) in [6, 6.07) is 15.4. The lowest BCUT2D eigenvalue weighted by Gasteiger charge is -2.28. The molecule has 0 bridgehead atoms. The van der Waals surface area contributed by atoms with Gasteiger partial charge in [0.15, 0.2) is 23.2 Å². The van der Waals surface area contributed by atoms with Gasteiger partial charge in [-0.1, -0.05) is 62.7 Å². The Morgan fingerprint density at radius 2 is 1.54 bits per heavy atom. The molecular formula is C30H31F3O2. The minimum Gasteiger partial charge on any atom is -0.423 e. The molecule has 1 aliphatic carbocycles. The Kier molecular flexibility index (Phi) is 7.94. The van der Waals surface area contributed by atoms with Crippen LogP contribution in [0.3, 0.4) is 0 Å². The van der Waals surface area contributed by atoms with E-state index in [1.54, 1.807) is 18.2 Å². The maximum atomic E-state index is 15.0. The van der Waals surface area contributed by atoms with Gasteiger partial charge in [-0.2, -0.15) is 0 Å². The lowest BCUT2D eigenvalue weighted by molar-refractivity contribution is -0.140. The van der Waals surface area contributed by atoms with Crippen LogP contribution in [0.2, 0.25) is 0 Å². The van der Waals surface area contributed by atoms with E-state index in [-0.39, 0.29) is 23.1 Å². The Hall–Kier alpha value is -3.08. The van der Waals surface area contributed by atoms with Gasteiger partial charge in [0.1, 0.15) is 0 Å². The van der Waals surface area contributed by atoms with Crippen LogP contribution < -0.4 is 4.74 Å². The van der Waals surface area contributed by atoms with Crippen molar-refractivity contribution in [3.8, 4) is 16.9 Å². The second kappa shape index (κ2) is 11.1. The van der Waals surface area contributed by atoms with Crippen molar-refractivity contribution < 1.29 is 22.7 Å². The van der Waals surface area contributed by atoms with Crippen LogP contribution in [0.1, 0.15) is 68.6 Å². The lowest BCUT2D eigenvalue weighted by Crippen LogP contribution is -2.25. The van der Waals surface area contributed by atoms with Gasteiger partial charge in [-0.3, -0.25) is 4.79 Å². The van der Waals surface area contributed by atoms with Gasteiger partial charge in [-0.25, -0.2) is 13.2 Å². The number of carbonyl (C=O) groups is 1. The molecule has 3 aromatic carbocycles. The normalized spacial score (nSPS) is 17.9. The fraction of sp³-hybridized carbons (Fsp3) is 0.367. The fourth-order valence-corrected chi connectivity index (χ4v) is 4.93. The molecule has 3 aromatic rings. The van der Waals surface area contributed by atoms with Crippen LogP contribution in [0, 0.1) is 23.4 Å². The van der Waals surface area contributed by atoms with Crippen molar-refractivity contribution in [1.82, 2.24) is 0 Å². The number of rotatable bonds is 7. The summed E-state index contributed by atoms with van der Waals surface area (Å²) < 4.78 is 49.6. The molecule has 0 N–H and O–H groups in total. The molecule has 1 saturated carbocycles. The Labute approximate surface area is 205 Å². The topological polar surface area (TPSA) is 26.3 Å². The number of hydrogen-bond donors (Lipinski definition) is 0. The second-order valence-electron chi connectivity index (χ2n) is 9.37.